The fraction of sp³-hybridized carbons (Fsp3) is 0.455. The van der Waals surface area contributed by atoms with Gasteiger partial charge in [0.1, 0.15) is 5.75 Å². The average molecular weight is 792 g/mol. The molecule has 2 aliphatic carbocycles. The number of amides is 4. The minimum Gasteiger partial charge on any atom is -0.508 e. The smallest absolute Gasteiger partial charge is 0.234 e. The van der Waals surface area contributed by atoms with E-state index < -0.39 is 29.6 Å². The summed E-state index contributed by atoms with van der Waals surface area (Å²) in [4.78, 5) is 65.9. The highest BCUT2D eigenvalue weighted by Crippen LogP contribution is 2.59. The number of piperidine rings is 2. The number of rotatable bonds is 7. The highest BCUT2D eigenvalue weighted by atomic mass is 79.9. The van der Waals surface area contributed by atoms with Gasteiger partial charge in [-0.05, 0) is 73.8 Å². The third-order valence-corrected chi connectivity index (χ3v) is 13.9. The number of phenols is 1. The lowest BCUT2D eigenvalue weighted by atomic mass is 9.57. The molecule has 4 aliphatic heterocycles. The number of nitrogens with zero attached hydrogens (tertiary/aromatic N) is 4. The number of carbonyl (C=O) groups excluding carboxylic acids is 4. The number of aromatic hydroxyl groups is 1. The molecule has 4 saturated heterocycles. The first-order valence-electron chi connectivity index (χ1n) is 19.7. The molecule has 0 radical (unpaired) electrons. The Kier molecular flexibility index (Phi) is 9.56. The van der Waals surface area contributed by atoms with Gasteiger partial charge in [0.25, 0.3) is 0 Å². The van der Waals surface area contributed by atoms with Gasteiger partial charge in [-0.1, -0.05) is 88.2 Å². The number of benzene rings is 3. The topological polar surface area (TPSA) is 101 Å². The SMILES string of the molecule is O=C1[C@H]2[C@H](CC=C3[C@H]2C[C@H]2C(=O)N(C4CCN(Cc5ccccc5)CC4)C(=O)[C@H]2[C@H]3c2cc(Br)ccc2O)C(=O)N1C1CCN(Cc2ccccc2)CC1. The van der Waals surface area contributed by atoms with E-state index in [0.29, 0.717) is 31.2 Å². The van der Waals surface area contributed by atoms with Crippen LogP contribution in [0.3, 0.4) is 0 Å². The minimum atomic E-state index is -0.670. The summed E-state index contributed by atoms with van der Waals surface area (Å²) in [5.74, 6) is -3.75. The van der Waals surface area contributed by atoms with Crippen LogP contribution in [0.2, 0.25) is 0 Å². The van der Waals surface area contributed by atoms with Gasteiger partial charge in [-0.3, -0.25) is 38.8 Å². The van der Waals surface area contributed by atoms with Gasteiger partial charge >= 0.3 is 0 Å². The molecule has 1 N–H and O–H groups in total. The van der Waals surface area contributed by atoms with Crippen LogP contribution in [-0.4, -0.2) is 86.6 Å². The molecular formula is C44H47BrN4O5. The van der Waals surface area contributed by atoms with E-state index in [9.17, 15) is 24.3 Å². The molecule has 0 spiro atoms. The molecule has 54 heavy (non-hydrogen) atoms. The average Bonchev–Trinajstić information content (AvgIpc) is 3.60. The quantitative estimate of drug-likeness (QED) is 0.228. The maximum Gasteiger partial charge on any atom is 0.234 e. The van der Waals surface area contributed by atoms with Crippen molar-refractivity contribution in [3.8, 4) is 5.75 Å². The van der Waals surface area contributed by atoms with Gasteiger partial charge in [0, 0.05) is 67.3 Å². The molecular weight excluding hydrogens is 744 g/mol. The second-order valence-electron chi connectivity index (χ2n) is 16.3. The van der Waals surface area contributed by atoms with Crippen LogP contribution >= 0.6 is 15.9 Å². The minimum absolute atomic E-state index is 0.0660. The van der Waals surface area contributed by atoms with Crippen molar-refractivity contribution in [1.82, 2.24) is 19.6 Å². The fourth-order valence-electron chi connectivity index (χ4n) is 10.8. The monoisotopic (exact) mass is 790 g/mol. The molecule has 0 unspecified atom stereocenters. The Morgan fingerprint density at radius 1 is 0.611 bits per heavy atom. The van der Waals surface area contributed by atoms with E-state index in [1.54, 1.807) is 21.9 Å². The zero-order chi connectivity index (χ0) is 37.1. The van der Waals surface area contributed by atoms with Crippen molar-refractivity contribution >= 4 is 39.6 Å². The first-order chi connectivity index (χ1) is 26.3. The molecule has 1 saturated carbocycles. The number of halogens is 1. The maximum atomic E-state index is 14.7. The van der Waals surface area contributed by atoms with Crippen LogP contribution in [0, 0.1) is 29.6 Å². The van der Waals surface area contributed by atoms with E-state index >= 15 is 0 Å². The number of carbonyl (C=O) groups is 4. The molecule has 4 amide bonds. The molecule has 10 heteroatoms. The number of hydrogen-bond acceptors (Lipinski definition) is 7. The largest absolute Gasteiger partial charge is 0.508 e. The van der Waals surface area contributed by atoms with Gasteiger partial charge in [-0.2, -0.15) is 0 Å². The molecule has 0 aromatic heterocycles. The molecule has 0 bridgehead atoms. The lowest BCUT2D eigenvalue weighted by Gasteiger charge is -2.44. The van der Waals surface area contributed by atoms with E-state index in [1.807, 2.05) is 42.5 Å². The van der Waals surface area contributed by atoms with E-state index in [2.05, 4.69) is 56.1 Å². The standard InChI is InChI=1S/C44H47BrN4O5/c45-29-11-14-37(50)35(23-29)38-32-12-13-33-39(43(53)48(41(33)51)30-15-19-46(20-16-30)25-27-7-3-1-4-8-27)34(32)24-36-40(38)44(54)49(42(36)52)31-17-21-47(22-18-31)26-28-9-5-2-6-10-28/h1-12,14,23,30-31,33-34,36,38-40,50H,13,15-22,24-26H2/t33-,34+,36+,38+,39-,40+/m0/s1. The number of hydrogen-bond donors (Lipinski definition) is 1. The summed E-state index contributed by atoms with van der Waals surface area (Å²) >= 11 is 3.58. The van der Waals surface area contributed by atoms with Crippen molar-refractivity contribution in [3.63, 3.8) is 0 Å². The van der Waals surface area contributed by atoms with E-state index in [4.69, 9.17) is 0 Å². The van der Waals surface area contributed by atoms with Gasteiger partial charge in [0.05, 0.1) is 23.7 Å². The van der Waals surface area contributed by atoms with Gasteiger partial charge in [-0.15, -0.1) is 0 Å². The number of phenolic OH excluding ortho intramolecular Hbond substituents is 1. The zero-order valence-electron chi connectivity index (χ0n) is 30.4. The lowest BCUT2D eigenvalue weighted by Crippen LogP contribution is -2.48. The fourth-order valence-corrected chi connectivity index (χ4v) is 11.2. The number of fused-ring (bicyclic) bond motifs is 4. The number of allylic oxidation sites excluding steroid dienone is 2. The van der Waals surface area contributed by atoms with E-state index in [1.165, 1.54) is 11.1 Å². The predicted molar refractivity (Wildman–Crippen MR) is 207 cm³/mol. The zero-order valence-corrected chi connectivity index (χ0v) is 32.0. The molecule has 3 aromatic rings. The summed E-state index contributed by atoms with van der Waals surface area (Å²) in [6.45, 7) is 4.88. The molecule has 4 heterocycles. The molecule has 6 aliphatic rings. The van der Waals surface area contributed by atoms with Gasteiger partial charge in [0.15, 0.2) is 0 Å². The van der Waals surface area contributed by atoms with Crippen molar-refractivity contribution in [1.29, 1.82) is 0 Å². The summed E-state index contributed by atoms with van der Waals surface area (Å²) in [5, 5.41) is 11.3. The van der Waals surface area contributed by atoms with Gasteiger partial charge in [-0.25, -0.2) is 0 Å². The van der Waals surface area contributed by atoms with Crippen LogP contribution in [0.15, 0.2) is 95.0 Å². The molecule has 3 aromatic carbocycles. The summed E-state index contributed by atoms with van der Waals surface area (Å²) in [6.07, 6.45) is 5.74. The van der Waals surface area contributed by atoms with Crippen molar-refractivity contribution < 1.29 is 24.3 Å². The first-order valence-corrected chi connectivity index (χ1v) is 20.5. The second kappa shape index (κ2) is 14.5. The third kappa shape index (κ3) is 6.24. The summed E-state index contributed by atoms with van der Waals surface area (Å²) < 4.78 is 0.763. The Bertz CT molecular complexity index is 1970. The van der Waals surface area contributed by atoms with E-state index in [0.717, 1.165) is 62.2 Å². The van der Waals surface area contributed by atoms with Gasteiger partial charge < -0.3 is 5.11 Å². The highest BCUT2D eigenvalue weighted by Gasteiger charge is 2.63. The van der Waals surface area contributed by atoms with Crippen molar-refractivity contribution in [2.45, 2.75) is 69.6 Å². The van der Waals surface area contributed by atoms with Crippen LogP contribution in [0.5, 0.6) is 5.75 Å². The molecule has 6 atom stereocenters. The Morgan fingerprint density at radius 2 is 1.13 bits per heavy atom. The highest BCUT2D eigenvalue weighted by molar-refractivity contribution is 9.10. The van der Waals surface area contributed by atoms with Crippen molar-refractivity contribution in [3.05, 3.63) is 112 Å². The van der Waals surface area contributed by atoms with Crippen LogP contribution in [0.1, 0.15) is 61.1 Å². The van der Waals surface area contributed by atoms with Crippen LogP contribution < -0.4 is 0 Å². The number of imide groups is 2. The molecule has 280 valence electrons. The van der Waals surface area contributed by atoms with Crippen LogP contribution in [-0.2, 0) is 32.3 Å². The molecule has 9 nitrogen and oxygen atoms in total. The maximum absolute atomic E-state index is 14.7. The Hall–Kier alpha value is -4.12. The lowest BCUT2D eigenvalue weighted by molar-refractivity contribution is -0.146. The summed E-state index contributed by atoms with van der Waals surface area (Å²) in [7, 11) is 0. The van der Waals surface area contributed by atoms with Crippen molar-refractivity contribution in [2.24, 2.45) is 29.6 Å². The Morgan fingerprint density at radius 3 is 1.69 bits per heavy atom. The first kappa shape index (κ1) is 35.6. The predicted octanol–water partition coefficient (Wildman–Crippen LogP) is 6.12. The Balaban J connectivity index is 0.969. The third-order valence-electron chi connectivity index (χ3n) is 13.4. The van der Waals surface area contributed by atoms with Crippen LogP contribution in [0.25, 0.3) is 0 Å². The van der Waals surface area contributed by atoms with Crippen LogP contribution in [0.4, 0.5) is 0 Å². The Labute approximate surface area is 325 Å². The normalized spacial score (nSPS) is 29.7. The number of likely N-dealkylation sites (tertiary alicyclic amines) is 4. The van der Waals surface area contributed by atoms with Crippen molar-refractivity contribution in [2.75, 3.05) is 26.2 Å². The van der Waals surface area contributed by atoms with E-state index in [-0.39, 0.29) is 47.4 Å². The second-order valence-corrected chi connectivity index (χ2v) is 17.2. The molecule has 5 fully saturated rings. The summed E-state index contributed by atoms with van der Waals surface area (Å²) in [5.41, 5.74) is 4.01. The summed E-state index contributed by atoms with van der Waals surface area (Å²) in [6, 6.07) is 25.6. The van der Waals surface area contributed by atoms with Gasteiger partial charge in [0.2, 0.25) is 23.6 Å². The molecule has 9 rings (SSSR count).